The molecular weight excluding hydrogens is 715 g/mol. The van der Waals surface area contributed by atoms with E-state index in [1.807, 2.05) is 24.3 Å². The molecule has 2 aromatic heterocycles. The highest BCUT2D eigenvalue weighted by Crippen LogP contribution is 2.37. The minimum atomic E-state index is -0.384. The van der Waals surface area contributed by atoms with Crippen LogP contribution in [0.4, 0.5) is 11.4 Å². The molecule has 0 radical (unpaired) electrons. The Hall–Kier alpha value is -5.41. The largest absolute Gasteiger partial charge is 0.496 e. The first kappa shape index (κ1) is 40.3. The molecule has 3 amide bonds. The van der Waals surface area contributed by atoms with Crippen LogP contribution in [0.15, 0.2) is 53.6 Å². The molecule has 2 aliphatic rings. The van der Waals surface area contributed by atoms with Crippen LogP contribution >= 0.6 is 0 Å². The molecule has 4 heterocycles. The van der Waals surface area contributed by atoms with E-state index in [-0.39, 0.29) is 35.9 Å². The smallest absolute Gasteiger partial charge is 0.276 e. The Bertz CT molecular complexity index is 2010. The molecule has 2 aliphatic heterocycles. The fraction of sp³-hybridized carbons (Fsp3) is 0.488. The quantitative estimate of drug-likeness (QED) is 0.0698. The zero-order chi connectivity index (χ0) is 39.4. The number of pyridine rings is 1. The van der Waals surface area contributed by atoms with Crippen LogP contribution in [-0.4, -0.2) is 103 Å². The number of methoxy groups -OCH3 is 2. The van der Waals surface area contributed by atoms with Crippen LogP contribution in [0.5, 0.6) is 11.5 Å². The zero-order valence-corrected chi connectivity index (χ0v) is 32.7. The normalized spacial score (nSPS) is 16.2. The van der Waals surface area contributed by atoms with Gasteiger partial charge < -0.3 is 34.9 Å². The zero-order valence-electron chi connectivity index (χ0n) is 32.7. The first-order valence-electron chi connectivity index (χ1n) is 19.7. The Balaban J connectivity index is 0.823. The number of fused-ring (bicyclic) bond motifs is 1. The maximum atomic E-state index is 12.6. The van der Waals surface area contributed by atoms with Gasteiger partial charge in [0, 0.05) is 86.8 Å². The predicted molar refractivity (Wildman–Crippen MR) is 217 cm³/mol. The summed E-state index contributed by atoms with van der Waals surface area (Å²) in [5, 5.41) is 19.5. The molecule has 0 saturated carbocycles. The number of anilines is 2. The number of unbranched alkanes of at least 4 members (excludes halogenated alkanes) is 5. The average molecular weight is 770 g/mol. The highest BCUT2D eigenvalue weighted by molar-refractivity contribution is 6.01. The van der Waals surface area contributed by atoms with Crippen LogP contribution in [0.3, 0.4) is 0 Å². The molecule has 0 bridgehead atoms. The van der Waals surface area contributed by atoms with E-state index in [0.29, 0.717) is 48.3 Å². The summed E-state index contributed by atoms with van der Waals surface area (Å²) in [5.41, 5.74) is 4.76. The monoisotopic (exact) mass is 769 g/mol. The Morgan fingerprint density at radius 2 is 1.68 bits per heavy atom. The van der Waals surface area contributed by atoms with Gasteiger partial charge in [-0.25, -0.2) is 0 Å². The van der Waals surface area contributed by atoms with E-state index in [4.69, 9.17) is 9.47 Å². The number of rotatable bonds is 19. The van der Waals surface area contributed by atoms with Gasteiger partial charge in [0.2, 0.25) is 17.7 Å². The van der Waals surface area contributed by atoms with Gasteiger partial charge in [-0.1, -0.05) is 31.7 Å². The Morgan fingerprint density at radius 3 is 2.41 bits per heavy atom. The van der Waals surface area contributed by atoms with Crippen LogP contribution in [0.1, 0.15) is 56.9 Å². The summed E-state index contributed by atoms with van der Waals surface area (Å²) in [5.74, 6) is 0.710. The van der Waals surface area contributed by atoms with Gasteiger partial charge in [-0.2, -0.15) is 5.10 Å². The minimum Gasteiger partial charge on any atom is -0.496 e. The number of amides is 3. The van der Waals surface area contributed by atoms with E-state index in [9.17, 15) is 19.2 Å². The van der Waals surface area contributed by atoms with E-state index in [2.05, 4.69) is 53.4 Å². The van der Waals surface area contributed by atoms with Gasteiger partial charge in [0.25, 0.3) is 5.56 Å². The predicted octanol–water partition coefficient (Wildman–Crippen LogP) is 3.53. The van der Waals surface area contributed by atoms with Crippen molar-refractivity contribution in [3.05, 3.63) is 64.7 Å². The first-order valence-corrected chi connectivity index (χ1v) is 19.7. The molecule has 300 valence electrons. The highest BCUT2D eigenvalue weighted by atomic mass is 16.5. The number of ether oxygens (including phenoxy) is 2. The molecule has 15 nitrogen and oxygen atoms in total. The molecule has 56 heavy (non-hydrogen) atoms. The Kier molecular flexibility index (Phi) is 14.0. The number of piperazine rings is 1. The SMILES string of the molecule is COc1cc(-c2cn(C)c(=O)c3[nH]ncc23)cc(OC)c1CNCC(=O)NCCCCCCCCN1CCN(c2cccc(NC3CCC(=O)NC3=O)c2)CC1. The van der Waals surface area contributed by atoms with Crippen molar-refractivity contribution in [2.24, 2.45) is 7.05 Å². The number of aromatic amines is 1. The van der Waals surface area contributed by atoms with Crippen molar-refractivity contribution in [1.82, 2.24) is 35.6 Å². The molecular formula is C41H55N9O6. The van der Waals surface area contributed by atoms with Gasteiger partial charge >= 0.3 is 0 Å². The van der Waals surface area contributed by atoms with E-state index in [1.165, 1.54) is 23.8 Å². The lowest BCUT2D eigenvalue weighted by Gasteiger charge is -2.36. The molecule has 2 saturated heterocycles. The molecule has 0 spiro atoms. The number of carbonyl (C=O) groups excluding carboxylic acids is 3. The standard InChI is InChI=1S/C41H55N9O6/c1-48-27-33(31-25-44-47-39(31)41(48)54)28-21-35(55-2)32(36(22-28)56-3)24-42-26-38(52)43-15-8-6-4-5-7-9-16-49-17-19-50(20-18-49)30-12-10-11-29(23-30)45-34-13-14-37(51)46-40(34)53/h10-12,21-23,25,27,34,42,45H,4-9,13-20,24,26H2,1-3H3,(H,43,52)(H,44,47)(H,46,51,53). The summed E-state index contributed by atoms with van der Waals surface area (Å²) in [6.45, 7) is 6.31. The Labute approximate surface area is 327 Å². The highest BCUT2D eigenvalue weighted by Gasteiger charge is 2.26. The van der Waals surface area contributed by atoms with Crippen molar-refractivity contribution in [3.63, 3.8) is 0 Å². The van der Waals surface area contributed by atoms with Gasteiger partial charge in [0.1, 0.15) is 23.1 Å². The second-order valence-electron chi connectivity index (χ2n) is 14.6. The minimum absolute atomic E-state index is 0.0520. The van der Waals surface area contributed by atoms with E-state index in [0.717, 1.165) is 80.1 Å². The molecule has 2 fully saturated rings. The average Bonchev–Trinajstić information content (AvgIpc) is 3.70. The second-order valence-corrected chi connectivity index (χ2v) is 14.6. The summed E-state index contributed by atoms with van der Waals surface area (Å²) < 4.78 is 13.0. The summed E-state index contributed by atoms with van der Waals surface area (Å²) >= 11 is 0. The molecule has 5 N–H and O–H groups in total. The molecule has 6 rings (SSSR count). The number of H-pyrrole nitrogens is 1. The van der Waals surface area contributed by atoms with Crippen molar-refractivity contribution < 1.29 is 23.9 Å². The number of nitrogens with zero attached hydrogens (tertiary/aromatic N) is 4. The lowest BCUT2D eigenvalue weighted by Crippen LogP contribution is -2.47. The second kappa shape index (κ2) is 19.4. The summed E-state index contributed by atoms with van der Waals surface area (Å²) in [7, 11) is 4.90. The third kappa shape index (κ3) is 10.3. The number of aromatic nitrogens is 3. The van der Waals surface area contributed by atoms with Crippen LogP contribution in [0.2, 0.25) is 0 Å². The molecule has 1 unspecified atom stereocenters. The van der Waals surface area contributed by atoms with Gasteiger partial charge in [-0.3, -0.25) is 34.5 Å². The number of aryl methyl sites for hydroxylation is 1. The molecule has 0 aliphatic carbocycles. The van der Waals surface area contributed by atoms with Crippen molar-refractivity contribution >= 4 is 40.0 Å². The molecule has 2 aromatic carbocycles. The first-order chi connectivity index (χ1) is 27.2. The van der Waals surface area contributed by atoms with E-state index < -0.39 is 0 Å². The summed E-state index contributed by atoms with van der Waals surface area (Å²) in [6.07, 6.45) is 11.1. The van der Waals surface area contributed by atoms with E-state index >= 15 is 0 Å². The van der Waals surface area contributed by atoms with Gasteiger partial charge in [0.05, 0.1) is 27.0 Å². The number of piperidine rings is 1. The molecule has 15 heteroatoms. The lowest BCUT2D eigenvalue weighted by molar-refractivity contribution is -0.133. The molecule has 4 aromatic rings. The number of benzene rings is 2. The number of hydrogen-bond donors (Lipinski definition) is 5. The number of hydrogen-bond acceptors (Lipinski definition) is 11. The van der Waals surface area contributed by atoms with Crippen LogP contribution in [0, 0.1) is 0 Å². The summed E-state index contributed by atoms with van der Waals surface area (Å²) in [4.78, 5) is 53.6. The van der Waals surface area contributed by atoms with Crippen LogP contribution in [0.25, 0.3) is 22.0 Å². The number of nitrogens with one attached hydrogen (secondary N) is 5. The van der Waals surface area contributed by atoms with Crippen LogP contribution < -0.4 is 41.2 Å². The van der Waals surface area contributed by atoms with Gasteiger partial charge in [-0.15, -0.1) is 0 Å². The lowest BCUT2D eigenvalue weighted by atomic mass is 10.0. The topological polar surface area (TPSA) is 175 Å². The van der Waals surface area contributed by atoms with Crippen molar-refractivity contribution in [2.75, 3.05) is 70.2 Å². The van der Waals surface area contributed by atoms with Gasteiger partial charge in [0.15, 0.2) is 0 Å². The fourth-order valence-electron chi connectivity index (χ4n) is 7.51. The van der Waals surface area contributed by atoms with E-state index in [1.54, 1.807) is 33.7 Å². The maximum absolute atomic E-state index is 12.6. The fourth-order valence-corrected chi connectivity index (χ4v) is 7.51. The summed E-state index contributed by atoms with van der Waals surface area (Å²) in [6, 6.07) is 11.6. The van der Waals surface area contributed by atoms with Gasteiger partial charge in [-0.05, 0) is 61.7 Å². The van der Waals surface area contributed by atoms with Crippen molar-refractivity contribution in [1.29, 1.82) is 0 Å². The molecule has 1 atom stereocenters. The number of imide groups is 1. The third-order valence-corrected chi connectivity index (χ3v) is 10.7. The third-order valence-electron chi connectivity index (χ3n) is 10.7. The number of carbonyl (C=O) groups is 3. The van der Waals surface area contributed by atoms with Crippen molar-refractivity contribution in [3.8, 4) is 22.6 Å². The van der Waals surface area contributed by atoms with Crippen molar-refractivity contribution in [2.45, 2.75) is 64.0 Å². The maximum Gasteiger partial charge on any atom is 0.276 e. The van der Waals surface area contributed by atoms with Crippen LogP contribution in [-0.2, 0) is 28.0 Å². The Morgan fingerprint density at radius 1 is 0.946 bits per heavy atom.